The van der Waals surface area contributed by atoms with Crippen molar-refractivity contribution in [2.24, 2.45) is 23.2 Å². The molecule has 0 aromatic rings. The lowest BCUT2D eigenvalue weighted by molar-refractivity contribution is -0.702. The first kappa shape index (κ1) is 18.1. The van der Waals surface area contributed by atoms with Gasteiger partial charge in [0.2, 0.25) is 0 Å². The summed E-state index contributed by atoms with van der Waals surface area (Å²) in [7, 11) is 0. The lowest BCUT2D eigenvalue weighted by atomic mass is 9.67. The van der Waals surface area contributed by atoms with E-state index in [2.05, 4.69) is 0 Å². The molecule has 6 unspecified atom stereocenters. The van der Waals surface area contributed by atoms with Crippen LogP contribution in [-0.4, -0.2) is 24.1 Å². The summed E-state index contributed by atoms with van der Waals surface area (Å²) in [5, 5.41) is 11.4. The lowest BCUT2D eigenvalue weighted by Gasteiger charge is -2.38. The Morgan fingerprint density at radius 3 is 2.92 bits per heavy atom. The van der Waals surface area contributed by atoms with Gasteiger partial charge in [-0.25, -0.2) is 0 Å². The molecule has 2 saturated carbocycles. The fourth-order valence-corrected chi connectivity index (χ4v) is 5.10. The molecule has 0 aromatic carbocycles. The highest BCUT2D eigenvalue weighted by atomic mass is 32.2. The minimum atomic E-state index is -4.60. The van der Waals surface area contributed by atoms with Crippen LogP contribution in [0.2, 0.25) is 0 Å². The Labute approximate surface area is 143 Å². The lowest BCUT2D eigenvalue weighted by Crippen LogP contribution is -3.02. The predicted molar refractivity (Wildman–Crippen MR) is 83.5 cm³/mol. The van der Waals surface area contributed by atoms with E-state index in [-0.39, 0.29) is 0 Å². The molecule has 4 nitrogen and oxygen atoms in total. The van der Waals surface area contributed by atoms with Gasteiger partial charge in [0.1, 0.15) is 12.6 Å². The number of carbonyl (C=O) groups excluding carboxylic acids is 1. The zero-order valence-corrected chi connectivity index (χ0v) is 14.5. The zero-order chi connectivity index (χ0) is 17.7. The summed E-state index contributed by atoms with van der Waals surface area (Å²) >= 11 is -0.675. The van der Waals surface area contributed by atoms with E-state index in [4.69, 9.17) is 4.74 Å². The van der Waals surface area contributed by atoms with E-state index in [1.54, 1.807) is 0 Å². The van der Waals surface area contributed by atoms with Gasteiger partial charge in [0.25, 0.3) is 0 Å². The number of halogens is 3. The quantitative estimate of drug-likeness (QED) is 0.352. The van der Waals surface area contributed by atoms with Gasteiger partial charge < -0.3 is 9.94 Å². The first-order valence-corrected chi connectivity index (χ1v) is 9.08. The van der Waals surface area contributed by atoms with Crippen LogP contribution in [0.5, 0.6) is 0 Å². The summed E-state index contributed by atoms with van der Waals surface area (Å²) < 4.78 is 40.8. The molecule has 0 amide bonds. The van der Waals surface area contributed by atoms with E-state index in [0.29, 0.717) is 11.8 Å². The predicted octanol–water partition coefficient (Wildman–Crippen LogP) is 2.85. The molecule has 3 rings (SSSR count). The van der Waals surface area contributed by atoms with Crippen molar-refractivity contribution < 1.29 is 27.2 Å². The summed E-state index contributed by atoms with van der Waals surface area (Å²) in [6.07, 6.45) is 5.23. The summed E-state index contributed by atoms with van der Waals surface area (Å²) in [5.74, 6) is 1.47. The minimum Gasteiger partial charge on any atom is -0.621 e. The minimum absolute atomic E-state index is 0.427. The second-order valence-electron chi connectivity index (χ2n) is 7.59. The van der Waals surface area contributed by atoms with Gasteiger partial charge in [-0.05, 0) is 57.3 Å². The topological polar surface area (TPSA) is 53.8 Å². The van der Waals surface area contributed by atoms with Crippen LogP contribution < -0.4 is 4.47 Å². The number of alkyl halides is 3. The van der Waals surface area contributed by atoms with E-state index in [0.717, 1.165) is 31.6 Å². The maximum Gasteiger partial charge on any atom is 0.496 e. The Morgan fingerprint density at radius 1 is 1.54 bits per heavy atom. The SMILES string of the molecule is CC(C[NH+]([O-])SC(F)(F)F)OC(=O)C1(C)C=C2CC3CC(CC23)C1. The molecule has 1 N–H and O–H groups in total. The first-order chi connectivity index (χ1) is 11.1. The van der Waals surface area contributed by atoms with Gasteiger partial charge in [0, 0.05) is 0 Å². The van der Waals surface area contributed by atoms with Crippen molar-refractivity contribution in [3.63, 3.8) is 0 Å². The molecule has 0 heterocycles. The smallest absolute Gasteiger partial charge is 0.496 e. The standard InChI is InChI=1S/C16H22F3NO3S/c1-9(8-20(22)24-16(17,18)19)23-14(21)15(2)6-10-3-11-5-12(7-15)13(11)4-10/h7,9-11,13,20H,3-6,8H2,1-2H3. The van der Waals surface area contributed by atoms with Gasteiger partial charge >= 0.3 is 11.5 Å². The summed E-state index contributed by atoms with van der Waals surface area (Å²) in [4.78, 5) is 12.6. The van der Waals surface area contributed by atoms with Crippen LogP contribution in [0, 0.1) is 28.4 Å². The molecule has 136 valence electrons. The molecule has 0 aliphatic heterocycles. The van der Waals surface area contributed by atoms with Crippen LogP contribution in [0.1, 0.15) is 39.5 Å². The van der Waals surface area contributed by atoms with Crippen molar-refractivity contribution in [3.8, 4) is 0 Å². The first-order valence-electron chi connectivity index (χ1n) is 8.27. The molecule has 0 saturated heterocycles. The van der Waals surface area contributed by atoms with E-state index in [1.165, 1.54) is 12.5 Å². The second-order valence-corrected chi connectivity index (χ2v) is 8.71. The van der Waals surface area contributed by atoms with Crippen molar-refractivity contribution >= 4 is 17.9 Å². The van der Waals surface area contributed by atoms with Crippen LogP contribution >= 0.6 is 11.9 Å². The maximum absolute atomic E-state index is 12.6. The molecule has 6 atom stereocenters. The number of rotatable bonds is 5. The summed E-state index contributed by atoms with van der Waals surface area (Å²) in [6, 6.07) is 0. The number of allylic oxidation sites excluding steroid dienone is 1. The van der Waals surface area contributed by atoms with Crippen molar-refractivity contribution in [1.29, 1.82) is 0 Å². The van der Waals surface area contributed by atoms with Crippen molar-refractivity contribution in [2.75, 3.05) is 6.54 Å². The molecule has 0 spiro atoms. The number of esters is 1. The fourth-order valence-electron chi connectivity index (χ4n) is 4.52. The van der Waals surface area contributed by atoms with Gasteiger partial charge in [0.05, 0.1) is 5.41 Å². The molecule has 3 aliphatic carbocycles. The van der Waals surface area contributed by atoms with Gasteiger partial charge in [0.15, 0.2) is 11.9 Å². The number of hydroxylamine groups is 1. The van der Waals surface area contributed by atoms with E-state index < -0.39 is 46.0 Å². The monoisotopic (exact) mass is 365 g/mol. The van der Waals surface area contributed by atoms with Crippen LogP contribution in [0.25, 0.3) is 0 Å². The summed E-state index contributed by atoms with van der Waals surface area (Å²) in [6.45, 7) is 2.87. The highest BCUT2D eigenvalue weighted by Gasteiger charge is 2.51. The van der Waals surface area contributed by atoms with Crippen molar-refractivity contribution in [2.45, 2.75) is 51.1 Å². The normalized spacial score (nSPS) is 37.1. The van der Waals surface area contributed by atoms with Crippen LogP contribution in [0.3, 0.4) is 0 Å². The van der Waals surface area contributed by atoms with Crippen LogP contribution in [0.15, 0.2) is 11.6 Å². The van der Waals surface area contributed by atoms with Gasteiger partial charge in [-0.2, -0.15) is 13.2 Å². The van der Waals surface area contributed by atoms with Gasteiger partial charge in [-0.1, -0.05) is 11.6 Å². The van der Waals surface area contributed by atoms with Crippen LogP contribution in [0.4, 0.5) is 13.2 Å². The molecular formula is C16H22F3NO3S. The van der Waals surface area contributed by atoms with Gasteiger partial charge in [-0.3, -0.25) is 9.26 Å². The third-order valence-electron chi connectivity index (χ3n) is 5.44. The molecule has 8 heteroatoms. The number of hydrogen-bond acceptors (Lipinski definition) is 4. The number of ether oxygens (including phenoxy) is 1. The molecule has 2 fully saturated rings. The highest BCUT2D eigenvalue weighted by molar-refractivity contribution is 7.93. The number of quaternary nitrogens is 1. The largest absolute Gasteiger partial charge is 0.621 e. The Kier molecular flexibility index (Phi) is 4.68. The van der Waals surface area contributed by atoms with Gasteiger partial charge in [-0.15, -0.1) is 0 Å². The van der Waals surface area contributed by atoms with E-state index in [1.807, 2.05) is 13.0 Å². The Bertz CT molecular complexity index is 553. The molecule has 0 radical (unpaired) electrons. The Morgan fingerprint density at radius 2 is 2.25 bits per heavy atom. The number of nitrogens with one attached hydrogen (secondary N) is 1. The zero-order valence-electron chi connectivity index (χ0n) is 13.7. The average Bonchev–Trinajstić information content (AvgIpc) is 2.62. The Hall–Kier alpha value is -0.730. The maximum atomic E-state index is 12.6. The summed E-state index contributed by atoms with van der Waals surface area (Å²) in [5.41, 5.74) is -4.00. The number of hydrogen-bond donors (Lipinski definition) is 1. The third-order valence-corrected chi connectivity index (χ3v) is 6.07. The molecular weight excluding hydrogens is 343 g/mol. The Balaban J connectivity index is 1.58. The van der Waals surface area contributed by atoms with Crippen molar-refractivity contribution in [1.82, 2.24) is 0 Å². The third kappa shape index (κ3) is 3.75. The molecule has 0 aromatic heterocycles. The molecule has 24 heavy (non-hydrogen) atoms. The number of fused-ring (bicyclic) bond motifs is 1. The van der Waals surface area contributed by atoms with E-state index in [9.17, 15) is 23.2 Å². The molecule has 3 aliphatic rings. The van der Waals surface area contributed by atoms with Crippen molar-refractivity contribution in [3.05, 3.63) is 16.9 Å². The number of carbonyl (C=O) groups is 1. The van der Waals surface area contributed by atoms with Crippen LogP contribution in [-0.2, 0) is 9.53 Å². The average molecular weight is 365 g/mol. The second kappa shape index (κ2) is 6.21. The fraction of sp³-hybridized carbons (Fsp3) is 0.812. The molecule has 2 bridgehead atoms. The van der Waals surface area contributed by atoms with E-state index >= 15 is 0 Å². The highest BCUT2D eigenvalue weighted by Crippen LogP contribution is 2.59.